The first kappa shape index (κ1) is 27.2. The topological polar surface area (TPSA) is 163 Å². The lowest BCUT2D eigenvalue weighted by atomic mass is 9.85. The molecule has 0 aliphatic carbocycles. The van der Waals surface area contributed by atoms with Gasteiger partial charge in [0, 0.05) is 11.1 Å². The molecule has 0 spiro atoms. The molecule has 4 aromatic rings. The van der Waals surface area contributed by atoms with E-state index in [1.165, 1.54) is 0 Å². The van der Waals surface area contributed by atoms with E-state index in [-0.39, 0.29) is 12.3 Å². The highest BCUT2D eigenvalue weighted by Crippen LogP contribution is 2.37. The van der Waals surface area contributed by atoms with E-state index in [2.05, 4.69) is 30.1 Å². The number of nitrogens with one attached hydrogen (secondary N) is 1. The summed E-state index contributed by atoms with van der Waals surface area (Å²) in [6.07, 6.45) is -4.89. The van der Waals surface area contributed by atoms with Gasteiger partial charge in [-0.2, -0.15) is 31.9 Å². The number of hydrazone groups is 1. The zero-order valence-corrected chi connectivity index (χ0v) is 21.7. The third-order valence-corrected chi connectivity index (χ3v) is 7.63. The molecular formula is C24H18ClF3N8O3S. The van der Waals surface area contributed by atoms with Gasteiger partial charge in [-0.15, -0.1) is 14.6 Å². The Morgan fingerprint density at radius 2 is 1.75 bits per heavy atom. The number of guanidine groups is 1. The number of halogens is 4. The van der Waals surface area contributed by atoms with Crippen LogP contribution in [0.3, 0.4) is 0 Å². The Kier molecular flexibility index (Phi) is 6.81. The Morgan fingerprint density at radius 3 is 2.38 bits per heavy atom. The Balaban J connectivity index is 1.53. The van der Waals surface area contributed by atoms with Crippen LogP contribution < -0.4 is 5.73 Å². The van der Waals surface area contributed by atoms with Gasteiger partial charge in [-0.3, -0.25) is 0 Å². The van der Waals surface area contributed by atoms with Gasteiger partial charge in [0.2, 0.25) is 11.8 Å². The first-order chi connectivity index (χ1) is 18.9. The third kappa shape index (κ3) is 5.13. The van der Waals surface area contributed by atoms with Crippen molar-refractivity contribution in [3.63, 3.8) is 0 Å². The predicted molar refractivity (Wildman–Crippen MR) is 138 cm³/mol. The maximum Gasteiger partial charge on any atom is 0.417 e. The smallest absolute Gasteiger partial charge is 0.377 e. The van der Waals surface area contributed by atoms with Gasteiger partial charge in [-0.05, 0) is 29.0 Å². The van der Waals surface area contributed by atoms with Crippen molar-refractivity contribution in [1.82, 2.24) is 25.6 Å². The third-order valence-electron chi connectivity index (χ3n) is 6.02. The van der Waals surface area contributed by atoms with Crippen LogP contribution in [-0.2, 0) is 21.8 Å². The number of sulfonamides is 1. The average molecular weight is 591 g/mol. The SMILES string of the molecule is N/C(=N\S(=O)(=O)c1ccc(Cl)c(C(F)(F)F)c1)N1CC(O)(c2ccccc2)C(c2ccc(-c3nn[nH]n3)cc2)=N1. The largest absolute Gasteiger partial charge is 0.417 e. The van der Waals surface area contributed by atoms with Gasteiger partial charge in [-0.1, -0.05) is 66.2 Å². The Labute approximate surface area is 229 Å². The first-order valence-electron chi connectivity index (χ1n) is 11.3. The lowest BCUT2D eigenvalue weighted by Crippen LogP contribution is -2.42. The molecule has 0 amide bonds. The van der Waals surface area contributed by atoms with Gasteiger partial charge < -0.3 is 10.8 Å². The van der Waals surface area contributed by atoms with Crippen LogP contribution >= 0.6 is 11.6 Å². The molecule has 1 aliphatic heterocycles. The fourth-order valence-electron chi connectivity index (χ4n) is 4.07. The van der Waals surface area contributed by atoms with Crippen molar-refractivity contribution in [3.05, 3.63) is 94.5 Å². The van der Waals surface area contributed by atoms with Crippen molar-refractivity contribution in [2.24, 2.45) is 15.2 Å². The van der Waals surface area contributed by atoms with Crippen molar-refractivity contribution < 1.29 is 26.7 Å². The van der Waals surface area contributed by atoms with Crippen LogP contribution in [0.5, 0.6) is 0 Å². The van der Waals surface area contributed by atoms with Gasteiger partial charge in [0.05, 0.1) is 22.0 Å². The molecule has 206 valence electrons. The number of nitrogens with two attached hydrogens (primary N) is 1. The molecular weight excluding hydrogens is 573 g/mol. The summed E-state index contributed by atoms with van der Waals surface area (Å²) >= 11 is 5.60. The van der Waals surface area contributed by atoms with Crippen molar-refractivity contribution in [3.8, 4) is 11.4 Å². The molecule has 0 saturated heterocycles. The maximum atomic E-state index is 13.3. The minimum Gasteiger partial charge on any atom is -0.377 e. The maximum absolute atomic E-state index is 13.3. The standard InChI is InChI=1S/C24H18ClF3N8O3S/c25-19-11-10-17(12-18(19)24(26,27)28)40(38,39)33-22(29)36-13-23(37,16-4-2-1-3-5-16)20(32-36)14-6-8-15(9-7-14)21-30-34-35-31-21/h1-12,37H,13H2,(H2,29,33)(H,30,31,34,35). The van der Waals surface area contributed by atoms with E-state index < -0.39 is 43.2 Å². The highest BCUT2D eigenvalue weighted by molar-refractivity contribution is 7.90. The van der Waals surface area contributed by atoms with Crippen LogP contribution in [0.2, 0.25) is 5.02 Å². The number of hydrogen-bond donors (Lipinski definition) is 3. The Hall–Kier alpha value is -4.34. The van der Waals surface area contributed by atoms with E-state index in [0.29, 0.717) is 28.6 Å². The van der Waals surface area contributed by atoms with Crippen molar-refractivity contribution >= 4 is 33.3 Å². The zero-order chi connectivity index (χ0) is 28.7. The van der Waals surface area contributed by atoms with Crippen molar-refractivity contribution in [2.45, 2.75) is 16.7 Å². The molecule has 1 aromatic heterocycles. The normalized spacial score (nSPS) is 18.2. The molecule has 1 atom stereocenters. The lowest BCUT2D eigenvalue weighted by molar-refractivity contribution is -0.137. The predicted octanol–water partition coefficient (Wildman–Crippen LogP) is 3.15. The van der Waals surface area contributed by atoms with E-state index in [1.54, 1.807) is 54.6 Å². The van der Waals surface area contributed by atoms with E-state index in [9.17, 15) is 26.7 Å². The number of aromatic amines is 1. The van der Waals surface area contributed by atoms with Gasteiger partial charge >= 0.3 is 6.18 Å². The zero-order valence-electron chi connectivity index (χ0n) is 20.1. The van der Waals surface area contributed by atoms with Crippen molar-refractivity contribution in [1.29, 1.82) is 0 Å². The van der Waals surface area contributed by atoms with E-state index in [0.717, 1.165) is 17.1 Å². The van der Waals surface area contributed by atoms with Gasteiger partial charge in [0.15, 0.2) is 5.60 Å². The van der Waals surface area contributed by atoms with Gasteiger partial charge in [-0.25, -0.2) is 5.01 Å². The molecule has 0 bridgehead atoms. The van der Waals surface area contributed by atoms with Crippen LogP contribution in [-0.4, -0.2) is 57.4 Å². The van der Waals surface area contributed by atoms with Crippen LogP contribution in [0.4, 0.5) is 13.2 Å². The molecule has 5 rings (SSSR count). The first-order valence-corrected chi connectivity index (χ1v) is 13.2. The lowest BCUT2D eigenvalue weighted by Gasteiger charge is -2.25. The number of H-pyrrole nitrogens is 1. The molecule has 4 N–H and O–H groups in total. The highest BCUT2D eigenvalue weighted by atomic mass is 35.5. The van der Waals surface area contributed by atoms with E-state index in [4.69, 9.17) is 17.3 Å². The summed E-state index contributed by atoms with van der Waals surface area (Å²) in [6.45, 7) is -0.335. The van der Waals surface area contributed by atoms with E-state index in [1.807, 2.05) is 0 Å². The number of β-amino-alcohol motifs (C(OH)–C–C–N with tert-alkyl or cyclic N) is 1. The summed E-state index contributed by atoms with van der Waals surface area (Å²) in [6, 6.07) is 17.2. The molecule has 2 heterocycles. The number of hydrogen-bond acceptors (Lipinski definition) is 7. The second-order valence-corrected chi connectivity index (χ2v) is 10.6. The summed E-state index contributed by atoms with van der Waals surface area (Å²) in [5, 5.41) is 30.2. The summed E-state index contributed by atoms with van der Waals surface area (Å²) < 4.78 is 69.1. The van der Waals surface area contributed by atoms with Crippen molar-refractivity contribution in [2.75, 3.05) is 6.54 Å². The number of tetrazole rings is 1. The minimum absolute atomic E-state index is 0.125. The number of benzene rings is 3. The Bertz CT molecular complexity index is 1710. The average Bonchev–Trinajstić information content (AvgIpc) is 3.58. The molecule has 1 aliphatic rings. The minimum atomic E-state index is -4.89. The quantitative estimate of drug-likeness (QED) is 0.236. The number of alkyl halides is 3. The van der Waals surface area contributed by atoms with E-state index >= 15 is 0 Å². The molecule has 3 aromatic carbocycles. The number of aliphatic hydroxyl groups is 1. The second-order valence-electron chi connectivity index (χ2n) is 8.61. The molecule has 40 heavy (non-hydrogen) atoms. The molecule has 0 radical (unpaired) electrons. The number of aromatic nitrogens is 4. The fourth-order valence-corrected chi connectivity index (χ4v) is 5.24. The molecule has 0 saturated carbocycles. The van der Waals surface area contributed by atoms with Crippen LogP contribution in [0.15, 0.2) is 87.2 Å². The molecule has 16 heteroatoms. The second kappa shape index (κ2) is 10.0. The molecule has 0 fully saturated rings. The Morgan fingerprint density at radius 1 is 1.07 bits per heavy atom. The van der Waals surface area contributed by atoms with Crippen LogP contribution in [0.25, 0.3) is 11.4 Å². The highest BCUT2D eigenvalue weighted by Gasteiger charge is 2.44. The fraction of sp³-hybridized carbons (Fsp3) is 0.125. The van der Waals surface area contributed by atoms with Crippen LogP contribution in [0, 0.1) is 0 Å². The van der Waals surface area contributed by atoms with Gasteiger partial charge in [0.25, 0.3) is 10.0 Å². The summed E-state index contributed by atoms with van der Waals surface area (Å²) in [5.74, 6) is -0.325. The van der Waals surface area contributed by atoms with Crippen LogP contribution in [0.1, 0.15) is 16.7 Å². The number of rotatable bonds is 5. The summed E-state index contributed by atoms with van der Waals surface area (Å²) in [5.41, 5.74) is 4.53. The monoisotopic (exact) mass is 590 g/mol. The molecule has 1 unspecified atom stereocenters. The summed E-state index contributed by atoms with van der Waals surface area (Å²) in [7, 11) is -4.72. The number of nitrogens with zero attached hydrogens (tertiary/aromatic N) is 6. The molecule has 11 nitrogen and oxygen atoms in total. The summed E-state index contributed by atoms with van der Waals surface area (Å²) in [4.78, 5) is -0.772. The van der Waals surface area contributed by atoms with Gasteiger partial charge in [0.1, 0.15) is 5.71 Å².